The number of nitrogens with zero attached hydrogens (tertiary/aromatic N) is 6. The second-order valence-electron chi connectivity index (χ2n) is 13.9. The van der Waals surface area contributed by atoms with Crippen molar-refractivity contribution < 1.29 is 19.4 Å². The van der Waals surface area contributed by atoms with Gasteiger partial charge in [-0.2, -0.15) is 0 Å². The van der Waals surface area contributed by atoms with Gasteiger partial charge in [0.2, 0.25) is 0 Å². The summed E-state index contributed by atoms with van der Waals surface area (Å²) in [6.07, 6.45) is 13.6. The third-order valence-corrected chi connectivity index (χ3v) is 16.7. The van der Waals surface area contributed by atoms with E-state index in [1.807, 2.05) is 48.6 Å². The third-order valence-electron chi connectivity index (χ3n) is 10.7. The van der Waals surface area contributed by atoms with Crippen molar-refractivity contribution in [2.45, 2.75) is 67.6 Å². The zero-order valence-electron chi connectivity index (χ0n) is 36.9. The van der Waals surface area contributed by atoms with E-state index in [-0.39, 0.29) is 0 Å². The van der Waals surface area contributed by atoms with Crippen molar-refractivity contribution in [2.75, 3.05) is 102 Å². The molecule has 0 heterocycles. The first-order chi connectivity index (χ1) is 28.9. The SMILES string of the molecule is CCN(CC)C(=S)SCC[N+](CCSC(=S)N(CC)CC)=C1C=CC(=C2C([O-])C(=C3C=CC(=[N+](CCSC(=S)N(CC)CC)CCSC(=S)N(CC)CC)C=C3)C2[O-])C=C1. The third kappa shape index (κ3) is 15.4. The molecule has 0 aromatic heterocycles. The van der Waals surface area contributed by atoms with Crippen LogP contribution in [0, 0.1) is 0 Å². The van der Waals surface area contributed by atoms with E-state index >= 15 is 0 Å². The molecule has 16 heteroatoms. The molecular weight excluding hydrogens is 901 g/mol. The lowest BCUT2D eigenvalue weighted by molar-refractivity contribution is -0.517. The molecule has 0 aromatic rings. The summed E-state index contributed by atoms with van der Waals surface area (Å²) in [5.41, 5.74) is 4.38. The number of allylic oxidation sites excluding steroid dienone is 10. The lowest BCUT2D eigenvalue weighted by atomic mass is 9.73. The van der Waals surface area contributed by atoms with Crippen LogP contribution in [-0.4, -0.2) is 171 Å². The molecule has 8 nitrogen and oxygen atoms in total. The van der Waals surface area contributed by atoms with Crippen LogP contribution in [0.3, 0.4) is 0 Å². The van der Waals surface area contributed by atoms with Crippen molar-refractivity contribution in [3.05, 3.63) is 70.9 Å². The van der Waals surface area contributed by atoms with E-state index < -0.39 is 12.2 Å². The number of thiocarbonyl (C=S) groups is 4. The Kier molecular flexibility index (Phi) is 25.1. The van der Waals surface area contributed by atoms with Gasteiger partial charge in [0.1, 0.15) is 17.3 Å². The molecule has 0 spiro atoms. The summed E-state index contributed by atoms with van der Waals surface area (Å²) in [6, 6.07) is 0. The quantitative estimate of drug-likeness (QED) is 0.0968. The Labute approximate surface area is 400 Å². The molecule has 332 valence electrons. The van der Waals surface area contributed by atoms with Crippen LogP contribution in [-0.2, 0) is 0 Å². The molecule has 0 amide bonds. The Morgan fingerprint density at radius 2 is 0.650 bits per heavy atom. The monoisotopic (exact) mass is 966 g/mol. The van der Waals surface area contributed by atoms with Gasteiger partial charge in [0, 0.05) is 76.7 Å². The molecule has 0 unspecified atom stereocenters. The lowest BCUT2D eigenvalue weighted by Gasteiger charge is -2.54. The van der Waals surface area contributed by atoms with Crippen LogP contribution in [0.5, 0.6) is 0 Å². The fourth-order valence-electron chi connectivity index (χ4n) is 6.85. The first-order valence-corrected chi connectivity index (χ1v) is 26.9. The van der Waals surface area contributed by atoms with Crippen LogP contribution >= 0.6 is 95.9 Å². The van der Waals surface area contributed by atoms with Gasteiger partial charge in [-0.15, -0.1) is 0 Å². The maximum absolute atomic E-state index is 13.8. The normalized spacial score (nSPS) is 17.0. The van der Waals surface area contributed by atoms with Gasteiger partial charge in [0.05, 0.1) is 23.0 Å². The Hall–Kier alpha value is -1.34. The van der Waals surface area contributed by atoms with Crippen LogP contribution in [0.2, 0.25) is 0 Å². The maximum atomic E-state index is 13.8. The van der Waals surface area contributed by atoms with Crippen molar-refractivity contribution >= 4 is 125 Å². The summed E-state index contributed by atoms with van der Waals surface area (Å²) in [6.45, 7) is 27.5. The topological polar surface area (TPSA) is 65.1 Å². The molecule has 0 radical (unpaired) electrons. The summed E-state index contributed by atoms with van der Waals surface area (Å²) in [4.78, 5) is 8.83. The van der Waals surface area contributed by atoms with Gasteiger partial charge in [-0.1, -0.05) is 119 Å². The zero-order valence-corrected chi connectivity index (χ0v) is 43.4. The van der Waals surface area contributed by atoms with E-state index in [9.17, 15) is 10.2 Å². The average molecular weight is 968 g/mol. The van der Waals surface area contributed by atoms with Crippen LogP contribution in [0.1, 0.15) is 55.4 Å². The van der Waals surface area contributed by atoms with E-state index in [0.717, 1.165) is 141 Å². The molecule has 0 N–H and O–H groups in total. The van der Waals surface area contributed by atoms with Gasteiger partial charge >= 0.3 is 0 Å². The highest BCUT2D eigenvalue weighted by Gasteiger charge is 2.30. The van der Waals surface area contributed by atoms with Gasteiger partial charge < -0.3 is 29.8 Å². The van der Waals surface area contributed by atoms with Gasteiger partial charge in [-0.25, -0.2) is 9.15 Å². The first kappa shape index (κ1) is 53.0. The molecule has 0 aromatic carbocycles. The van der Waals surface area contributed by atoms with E-state index in [2.05, 4.69) is 84.1 Å². The van der Waals surface area contributed by atoms with Crippen molar-refractivity contribution in [3.8, 4) is 0 Å². The van der Waals surface area contributed by atoms with E-state index in [0.29, 0.717) is 11.1 Å². The molecule has 3 rings (SSSR count). The van der Waals surface area contributed by atoms with Crippen molar-refractivity contribution in [2.24, 2.45) is 0 Å². The van der Waals surface area contributed by atoms with Crippen LogP contribution in [0.15, 0.2) is 70.9 Å². The Bertz CT molecular complexity index is 1510. The highest BCUT2D eigenvalue weighted by Crippen LogP contribution is 2.37. The first-order valence-electron chi connectivity index (χ1n) is 21.3. The second-order valence-corrected chi connectivity index (χ2v) is 20.8. The minimum atomic E-state index is -1.17. The van der Waals surface area contributed by atoms with Crippen molar-refractivity contribution in [3.63, 3.8) is 0 Å². The highest BCUT2D eigenvalue weighted by molar-refractivity contribution is 8.24. The smallest absolute Gasteiger partial charge is 0.199 e. The molecule has 0 aliphatic heterocycles. The van der Waals surface area contributed by atoms with Crippen LogP contribution < -0.4 is 10.2 Å². The van der Waals surface area contributed by atoms with Gasteiger partial charge in [0.15, 0.2) is 37.6 Å². The van der Waals surface area contributed by atoms with Gasteiger partial charge in [0.25, 0.3) is 0 Å². The predicted octanol–water partition coefficient (Wildman–Crippen LogP) is 6.65. The fourth-order valence-corrected chi connectivity index (χ4v) is 12.6. The Balaban J connectivity index is 1.79. The minimum Gasteiger partial charge on any atom is -0.846 e. The summed E-state index contributed by atoms with van der Waals surface area (Å²) < 4.78 is 8.40. The molecule has 1 saturated carbocycles. The van der Waals surface area contributed by atoms with Crippen molar-refractivity contribution in [1.29, 1.82) is 0 Å². The summed E-state index contributed by atoms with van der Waals surface area (Å²) in [5, 5.41) is 27.5. The Morgan fingerprint density at radius 3 is 0.850 bits per heavy atom. The molecular formula is C44H66N6O2S8. The molecule has 3 aliphatic rings. The molecule has 3 aliphatic carbocycles. The van der Waals surface area contributed by atoms with E-state index in [1.165, 1.54) is 0 Å². The van der Waals surface area contributed by atoms with Crippen LogP contribution in [0.4, 0.5) is 0 Å². The number of hydrogen-bond acceptors (Lipinski definition) is 10. The summed E-state index contributed by atoms with van der Waals surface area (Å²) in [7, 11) is 0. The number of thioether (sulfide) groups is 4. The minimum absolute atomic E-state index is 0.413. The van der Waals surface area contributed by atoms with Gasteiger partial charge in [-0.05, 0) is 90.8 Å². The molecule has 0 bridgehead atoms. The van der Waals surface area contributed by atoms with E-state index in [1.54, 1.807) is 47.0 Å². The van der Waals surface area contributed by atoms with Gasteiger partial charge in [-0.3, -0.25) is 0 Å². The zero-order chi connectivity index (χ0) is 44.2. The molecule has 0 saturated heterocycles. The maximum Gasteiger partial charge on any atom is 0.199 e. The summed E-state index contributed by atoms with van der Waals surface area (Å²) in [5.74, 6) is 3.42. The number of rotatable bonds is 20. The Morgan fingerprint density at radius 1 is 0.433 bits per heavy atom. The fraction of sp³-hybridized carbons (Fsp3) is 0.591. The van der Waals surface area contributed by atoms with Crippen LogP contribution in [0.25, 0.3) is 0 Å². The van der Waals surface area contributed by atoms with E-state index in [4.69, 9.17) is 48.9 Å². The molecule has 60 heavy (non-hydrogen) atoms. The second kappa shape index (κ2) is 28.5. The summed E-state index contributed by atoms with van der Waals surface area (Å²) >= 11 is 29.7. The molecule has 0 atom stereocenters. The standard InChI is InChI=1S/C44H66N6O2S8/c1-9-45(10-2)41(53)57-29-25-49(26-30-58-42(54)46(11-3)12-4)35-21-17-33(18-22-35)37-39(51)38(40(37)52)34-19-23-36(24-20-34)50(27-31-59-43(55)47(13-5)14-6)28-32-60-44(56)48(15-7)16-8/h17-24,39-40H,9-16,25-32H2,1-8H3. The highest BCUT2D eigenvalue weighted by atomic mass is 32.2. The van der Waals surface area contributed by atoms with Crippen molar-refractivity contribution in [1.82, 2.24) is 19.6 Å². The average Bonchev–Trinajstić information content (AvgIpc) is 3.25. The molecule has 1 fully saturated rings. The lowest BCUT2D eigenvalue weighted by Crippen LogP contribution is -2.56. The largest absolute Gasteiger partial charge is 0.846 e. The number of hydrogen-bond donors (Lipinski definition) is 0. The predicted molar refractivity (Wildman–Crippen MR) is 280 cm³/mol.